The third-order valence-electron chi connectivity index (χ3n) is 3.97. The van der Waals surface area contributed by atoms with Crippen LogP contribution in [0, 0.1) is 5.41 Å². The van der Waals surface area contributed by atoms with Crippen molar-refractivity contribution >= 4 is 23.1 Å². The van der Waals surface area contributed by atoms with Crippen LogP contribution in [0.1, 0.15) is 40.0 Å². The summed E-state index contributed by atoms with van der Waals surface area (Å²) in [5.74, 6) is 0.121. The summed E-state index contributed by atoms with van der Waals surface area (Å²) in [6.07, 6.45) is 2.85. The topological polar surface area (TPSA) is 58.4 Å². The fourth-order valence-corrected chi connectivity index (χ4v) is 2.42. The van der Waals surface area contributed by atoms with Crippen LogP contribution < -0.4 is 11.1 Å². The number of thiocarbonyl (C=S) groups is 1. The molecular formula is C13H25N3OS. The lowest BCUT2D eigenvalue weighted by molar-refractivity contribution is -0.126. The van der Waals surface area contributed by atoms with Crippen molar-refractivity contribution in [2.45, 2.75) is 46.1 Å². The number of likely N-dealkylation sites (tertiary alicyclic amines) is 1. The van der Waals surface area contributed by atoms with Gasteiger partial charge in [0.25, 0.3) is 0 Å². The molecule has 18 heavy (non-hydrogen) atoms. The Labute approximate surface area is 115 Å². The third kappa shape index (κ3) is 3.65. The van der Waals surface area contributed by atoms with E-state index < -0.39 is 0 Å². The molecule has 5 heteroatoms. The molecule has 1 unspecified atom stereocenters. The van der Waals surface area contributed by atoms with Gasteiger partial charge in [0.15, 0.2) is 0 Å². The van der Waals surface area contributed by atoms with E-state index in [1.165, 1.54) is 0 Å². The van der Waals surface area contributed by atoms with Gasteiger partial charge >= 0.3 is 0 Å². The largest absolute Gasteiger partial charge is 0.393 e. The molecule has 0 radical (unpaired) electrons. The van der Waals surface area contributed by atoms with Gasteiger partial charge in [-0.3, -0.25) is 9.69 Å². The van der Waals surface area contributed by atoms with Crippen molar-refractivity contribution in [2.24, 2.45) is 11.1 Å². The van der Waals surface area contributed by atoms with Crippen molar-refractivity contribution in [3.8, 4) is 0 Å². The monoisotopic (exact) mass is 271 g/mol. The second-order valence-electron chi connectivity index (χ2n) is 5.43. The molecule has 1 heterocycles. The van der Waals surface area contributed by atoms with E-state index in [-0.39, 0.29) is 17.4 Å². The van der Waals surface area contributed by atoms with Crippen molar-refractivity contribution in [2.75, 3.05) is 19.6 Å². The number of nitrogens with two attached hydrogens (primary N) is 1. The Balaban J connectivity index is 2.47. The maximum Gasteiger partial charge on any atom is 0.237 e. The van der Waals surface area contributed by atoms with E-state index in [1.807, 2.05) is 6.92 Å². The number of rotatable bonds is 5. The van der Waals surface area contributed by atoms with E-state index in [9.17, 15) is 4.79 Å². The van der Waals surface area contributed by atoms with Gasteiger partial charge in [-0.25, -0.2) is 0 Å². The van der Waals surface area contributed by atoms with E-state index in [0.29, 0.717) is 4.99 Å². The van der Waals surface area contributed by atoms with Crippen molar-refractivity contribution in [3.05, 3.63) is 0 Å². The van der Waals surface area contributed by atoms with Crippen molar-refractivity contribution in [1.82, 2.24) is 10.2 Å². The molecule has 0 aromatic rings. The zero-order valence-corrected chi connectivity index (χ0v) is 12.5. The van der Waals surface area contributed by atoms with Crippen molar-refractivity contribution < 1.29 is 4.79 Å². The van der Waals surface area contributed by atoms with Gasteiger partial charge in [-0.15, -0.1) is 0 Å². The molecule has 1 aliphatic rings. The standard InChI is InChI=1S/C13H25N3OS/c1-4-7-15-11(17)10(2)16-8-5-13(3,6-9-16)12(14)18/h10H,4-9H2,1-3H3,(H2,14,18)(H,15,17). The highest BCUT2D eigenvalue weighted by atomic mass is 32.1. The summed E-state index contributed by atoms with van der Waals surface area (Å²) < 4.78 is 0. The lowest BCUT2D eigenvalue weighted by atomic mass is 9.80. The zero-order chi connectivity index (χ0) is 13.8. The van der Waals surface area contributed by atoms with E-state index in [0.717, 1.165) is 38.9 Å². The molecule has 0 aromatic heterocycles. The Kier molecular flexibility index (Phi) is 5.53. The SMILES string of the molecule is CCCNC(=O)C(C)N1CCC(C)(C(N)=S)CC1. The average molecular weight is 271 g/mol. The first-order valence-electron chi connectivity index (χ1n) is 6.72. The van der Waals surface area contributed by atoms with E-state index in [4.69, 9.17) is 18.0 Å². The van der Waals surface area contributed by atoms with Gasteiger partial charge < -0.3 is 11.1 Å². The Bertz CT molecular complexity index is 311. The number of nitrogens with one attached hydrogen (secondary N) is 1. The molecule has 0 aliphatic carbocycles. The Morgan fingerprint density at radius 3 is 2.50 bits per heavy atom. The highest BCUT2D eigenvalue weighted by molar-refractivity contribution is 7.80. The fourth-order valence-electron chi connectivity index (χ4n) is 2.21. The van der Waals surface area contributed by atoms with Gasteiger partial charge in [-0.05, 0) is 39.3 Å². The summed E-state index contributed by atoms with van der Waals surface area (Å²) in [6.45, 7) is 8.66. The maximum absolute atomic E-state index is 11.9. The zero-order valence-electron chi connectivity index (χ0n) is 11.7. The summed E-state index contributed by atoms with van der Waals surface area (Å²) in [5.41, 5.74) is 5.75. The average Bonchev–Trinajstić information content (AvgIpc) is 2.35. The lowest BCUT2D eigenvalue weighted by Crippen LogP contribution is -2.52. The molecule has 0 aromatic carbocycles. The van der Waals surface area contributed by atoms with Gasteiger partial charge in [-0.2, -0.15) is 0 Å². The Hall–Kier alpha value is -0.680. The van der Waals surface area contributed by atoms with Crippen LogP contribution in [0.15, 0.2) is 0 Å². The molecule has 0 spiro atoms. The van der Waals surface area contributed by atoms with Gasteiger partial charge in [0, 0.05) is 12.0 Å². The molecular weight excluding hydrogens is 246 g/mol. The molecule has 1 atom stereocenters. The molecule has 1 amide bonds. The van der Waals surface area contributed by atoms with Crippen LogP contribution in [0.5, 0.6) is 0 Å². The van der Waals surface area contributed by atoms with Gasteiger partial charge in [0.05, 0.1) is 11.0 Å². The molecule has 1 saturated heterocycles. The quantitative estimate of drug-likeness (QED) is 0.740. The first kappa shape index (κ1) is 15.4. The molecule has 4 nitrogen and oxygen atoms in total. The van der Waals surface area contributed by atoms with Gasteiger partial charge in [-0.1, -0.05) is 26.1 Å². The maximum atomic E-state index is 11.9. The predicted octanol–water partition coefficient (Wildman–Crippen LogP) is 1.29. The first-order chi connectivity index (χ1) is 8.40. The van der Waals surface area contributed by atoms with E-state index >= 15 is 0 Å². The fraction of sp³-hybridized carbons (Fsp3) is 0.846. The van der Waals surface area contributed by atoms with Crippen LogP contribution in [-0.2, 0) is 4.79 Å². The minimum absolute atomic E-state index is 0.0363. The number of carbonyl (C=O) groups excluding carboxylic acids is 1. The summed E-state index contributed by atoms with van der Waals surface area (Å²) in [5, 5.41) is 2.94. The van der Waals surface area contributed by atoms with Crippen LogP contribution in [0.3, 0.4) is 0 Å². The van der Waals surface area contributed by atoms with Crippen LogP contribution in [0.4, 0.5) is 0 Å². The molecule has 3 N–H and O–H groups in total. The van der Waals surface area contributed by atoms with Crippen LogP contribution >= 0.6 is 12.2 Å². The van der Waals surface area contributed by atoms with Crippen molar-refractivity contribution in [3.63, 3.8) is 0 Å². The smallest absolute Gasteiger partial charge is 0.237 e. The van der Waals surface area contributed by atoms with E-state index in [2.05, 4.69) is 24.1 Å². The number of hydrogen-bond acceptors (Lipinski definition) is 3. The minimum Gasteiger partial charge on any atom is -0.393 e. The molecule has 1 aliphatic heterocycles. The van der Waals surface area contributed by atoms with E-state index in [1.54, 1.807) is 0 Å². The highest BCUT2D eigenvalue weighted by Gasteiger charge is 2.35. The van der Waals surface area contributed by atoms with Crippen LogP contribution in [0.2, 0.25) is 0 Å². The molecule has 0 saturated carbocycles. The number of carbonyl (C=O) groups is 1. The number of piperidine rings is 1. The number of hydrogen-bond donors (Lipinski definition) is 2. The highest BCUT2D eigenvalue weighted by Crippen LogP contribution is 2.31. The third-order valence-corrected chi connectivity index (χ3v) is 4.47. The minimum atomic E-state index is -0.0626. The summed E-state index contributed by atoms with van der Waals surface area (Å²) in [6, 6.07) is -0.0626. The number of amides is 1. The van der Waals surface area contributed by atoms with Crippen LogP contribution in [0.25, 0.3) is 0 Å². The van der Waals surface area contributed by atoms with Crippen LogP contribution in [-0.4, -0.2) is 41.5 Å². The van der Waals surface area contributed by atoms with Crippen molar-refractivity contribution in [1.29, 1.82) is 0 Å². The lowest BCUT2D eigenvalue weighted by Gasteiger charge is -2.40. The summed E-state index contributed by atoms with van der Waals surface area (Å²) in [4.78, 5) is 14.7. The van der Waals surface area contributed by atoms with Gasteiger partial charge in [0.1, 0.15) is 0 Å². The molecule has 0 bridgehead atoms. The summed E-state index contributed by atoms with van der Waals surface area (Å²) in [7, 11) is 0. The second-order valence-corrected chi connectivity index (χ2v) is 5.87. The second kappa shape index (κ2) is 6.48. The van der Waals surface area contributed by atoms with Gasteiger partial charge in [0.2, 0.25) is 5.91 Å². The normalized spacial score (nSPS) is 21.3. The molecule has 104 valence electrons. The predicted molar refractivity (Wildman–Crippen MR) is 78.5 cm³/mol. The first-order valence-corrected chi connectivity index (χ1v) is 7.13. The Morgan fingerprint density at radius 1 is 1.50 bits per heavy atom. The summed E-state index contributed by atoms with van der Waals surface area (Å²) >= 11 is 5.12. The molecule has 1 rings (SSSR count). The molecule has 1 fully saturated rings. The number of nitrogens with zero attached hydrogens (tertiary/aromatic N) is 1. The Morgan fingerprint density at radius 2 is 2.06 bits per heavy atom.